The number of hydrogen-bond donors (Lipinski definition) is 2. The molecule has 0 unspecified atom stereocenters. The van der Waals surface area contributed by atoms with Gasteiger partial charge in [0.25, 0.3) is 11.4 Å². The summed E-state index contributed by atoms with van der Waals surface area (Å²) in [6, 6.07) is 9.41. The van der Waals surface area contributed by atoms with Gasteiger partial charge in [-0.2, -0.15) is 0 Å². The van der Waals surface area contributed by atoms with Gasteiger partial charge in [-0.25, -0.2) is 26.7 Å². The fourth-order valence-electron chi connectivity index (χ4n) is 2.42. The first kappa shape index (κ1) is 22.4. The molecular weight excluding hydrogens is 428 g/mol. The van der Waals surface area contributed by atoms with Crippen LogP contribution in [0.2, 0.25) is 0 Å². The van der Waals surface area contributed by atoms with Crippen molar-refractivity contribution in [1.82, 2.24) is 4.72 Å². The van der Waals surface area contributed by atoms with Gasteiger partial charge in [-0.1, -0.05) is 18.2 Å². The van der Waals surface area contributed by atoms with Crippen LogP contribution in [0.15, 0.2) is 42.5 Å². The van der Waals surface area contributed by atoms with Crippen LogP contribution in [0.1, 0.15) is 16.7 Å². The summed E-state index contributed by atoms with van der Waals surface area (Å²) in [6.07, 6.45) is 0. The molecule has 2 aromatic carbocycles. The minimum atomic E-state index is -3.58. The standard InChI is InChI=1S/C8H8N2O4S.C7H8N2O4S/c11-10(12)8-2-1-6-5-15(13,14)9-4-7(6)3-8;8-14(12,13)5-6-1-3-7(4-2-6)9(10)11/h1-3,9H,4-5H2;1-4H,5H2,(H2,8,12,13). The highest BCUT2D eigenvalue weighted by molar-refractivity contribution is 7.88. The largest absolute Gasteiger partial charge is 0.269 e. The summed E-state index contributed by atoms with van der Waals surface area (Å²) in [5.74, 6) is -0.425. The Balaban J connectivity index is 0.000000208. The quantitative estimate of drug-likeness (QED) is 0.513. The molecule has 1 heterocycles. The van der Waals surface area contributed by atoms with E-state index in [0.29, 0.717) is 16.7 Å². The second kappa shape index (κ2) is 8.60. The van der Waals surface area contributed by atoms with Crippen LogP contribution >= 0.6 is 0 Å². The number of rotatable bonds is 4. The lowest BCUT2D eigenvalue weighted by Gasteiger charge is -2.16. The lowest BCUT2D eigenvalue weighted by Crippen LogP contribution is -2.30. The Hall–Kier alpha value is -2.94. The Morgan fingerprint density at radius 1 is 0.966 bits per heavy atom. The molecule has 0 aliphatic carbocycles. The summed E-state index contributed by atoms with van der Waals surface area (Å²) in [7, 11) is -6.83. The maximum absolute atomic E-state index is 11.2. The predicted molar refractivity (Wildman–Crippen MR) is 102 cm³/mol. The van der Waals surface area contributed by atoms with Crippen LogP contribution in [-0.4, -0.2) is 26.7 Å². The van der Waals surface area contributed by atoms with Crippen LogP contribution in [0, 0.1) is 20.2 Å². The van der Waals surface area contributed by atoms with Crippen LogP contribution in [-0.2, 0) is 38.1 Å². The zero-order valence-electron chi connectivity index (χ0n) is 14.7. The van der Waals surface area contributed by atoms with Crippen molar-refractivity contribution in [2.75, 3.05) is 0 Å². The average Bonchev–Trinajstić information content (AvgIpc) is 2.60. The summed E-state index contributed by atoms with van der Waals surface area (Å²) in [6.45, 7) is 0.124. The zero-order chi connectivity index (χ0) is 21.8. The van der Waals surface area contributed by atoms with Crippen LogP contribution in [0.5, 0.6) is 0 Å². The molecule has 0 spiro atoms. The van der Waals surface area contributed by atoms with Crippen LogP contribution in [0.4, 0.5) is 11.4 Å². The van der Waals surface area contributed by atoms with Gasteiger partial charge in [-0.05, 0) is 16.7 Å². The number of benzene rings is 2. The molecular formula is C15H16N4O8S2. The Morgan fingerprint density at radius 2 is 1.52 bits per heavy atom. The molecule has 0 aromatic heterocycles. The van der Waals surface area contributed by atoms with Crippen molar-refractivity contribution in [3.63, 3.8) is 0 Å². The lowest BCUT2D eigenvalue weighted by molar-refractivity contribution is -0.385. The molecule has 2 aromatic rings. The first-order chi connectivity index (χ1) is 13.4. The molecule has 0 radical (unpaired) electrons. The summed E-state index contributed by atoms with van der Waals surface area (Å²) < 4.78 is 46.0. The van der Waals surface area contributed by atoms with Gasteiger partial charge in [-0.3, -0.25) is 20.2 Å². The number of nitrogens with one attached hydrogen (secondary N) is 1. The van der Waals surface area contributed by atoms with Crippen molar-refractivity contribution in [1.29, 1.82) is 0 Å². The van der Waals surface area contributed by atoms with Gasteiger partial charge in [0.05, 0.1) is 21.4 Å². The Kier molecular flexibility index (Phi) is 6.63. The molecule has 3 N–H and O–H groups in total. The molecule has 0 saturated heterocycles. The summed E-state index contributed by atoms with van der Waals surface area (Å²) >= 11 is 0. The fraction of sp³-hybridized carbons (Fsp3) is 0.200. The predicted octanol–water partition coefficient (Wildman–Crippen LogP) is 0.911. The van der Waals surface area contributed by atoms with Crippen LogP contribution in [0.3, 0.4) is 0 Å². The van der Waals surface area contributed by atoms with Gasteiger partial charge in [0.15, 0.2) is 0 Å². The molecule has 0 fully saturated rings. The van der Waals surface area contributed by atoms with E-state index in [9.17, 15) is 37.1 Å². The molecule has 14 heteroatoms. The number of nitrogens with two attached hydrogens (primary N) is 1. The summed E-state index contributed by atoms with van der Waals surface area (Å²) in [5.41, 5.74) is 1.62. The first-order valence-electron chi connectivity index (χ1n) is 7.83. The zero-order valence-corrected chi connectivity index (χ0v) is 16.4. The van der Waals surface area contributed by atoms with Crippen molar-refractivity contribution in [3.8, 4) is 0 Å². The molecule has 12 nitrogen and oxygen atoms in total. The van der Waals surface area contributed by atoms with Crippen molar-refractivity contribution in [3.05, 3.63) is 79.4 Å². The van der Waals surface area contributed by atoms with Crippen LogP contribution < -0.4 is 9.86 Å². The number of hydrogen-bond acceptors (Lipinski definition) is 8. The first-order valence-corrected chi connectivity index (χ1v) is 11.2. The van der Waals surface area contributed by atoms with Gasteiger partial charge in [0.2, 0.25) is 20.0 Å². The highest BCUT2D eigenvalue weighted by Gasteiger charge is 2.22. The molecule has 0 bridgehead atoms. The average molecular weight is 444 g/mol. The monoisotopic (exact) mass is 444 g/mol. The maximum atomic E-state index is 11.2. The molecule has 1 aliphatic heterocycles. The smallest absolute Gasteiger partial charge is 0.258 e. The normalized spacial score (nSPS) is 14.8. The van der Waals surface area contributed by atoms with Crippen molar-refractivity contribution in [2.45, 2.75) is 18.1 Å². The van der Waals surface area contributed by atoms with E-state index in [-0.39, 0.29) is 29.4 Å². The number of primary sulfonamides is 1. The molecule has 3 rings (SSSR count). The third kappa shape index (κ3) is 6.86. The van der Waals surface area contributed by atoms with E-state index in [2.05, 4.69) is 4.72 Å². The Morgan fingerprint density at radius 3 is 2.03 bits per heavy atom. The Labute approximate surface area is 165 Å². The van der Waals surface area contributed by atoms with Crippen molar-refractivity contribution < 1.29 is 26.7 Å². The molecule has 1 aliphatic rings. The molecule has 0 atom stereocenters. The molecule has 29 heavy (non-hydrogen) atoms. The topological polar surface area (TPSA) is 193 Å². The number of nitrogens with zero attached hydrogens (tertiary/aromatic N) is 2. The second-order valence-electron chi connectivity index (χ2n) is 6.02. The highest BCUT2D eigenvalue weighted by atomic mass is 32.2. The minimum absolute atomic E-state index is 0.0187. The Bertz CT molecular complexity index is 1150. The minimum Gasteiger partial charge on any atom is -0.258 e. The molecule has 156 valence electrons. The van der Waals surface area contributed by atoms with Gasteiger partial charge in [0, 0.05) is 30.8 Å². The van der Waals surface area contributed by atoms with Crippen molar-refractivity contribution in [2.24, 2.45) is 5.14 Å². The third-order valence-corrected chi connectivity index (χ3v) is 5.75. The van der Waals surface area contributed by atoms with Gasteiger partial charge in [0.1, 0.15) is 0 Å². The number of sulfonamides is 2. The number of fused-ring (bicyclic) bond motifs is 1. The maximum Gasteiger partial charge on any atom is 0.269 e. The van der Waals surface area contributed by atoms with E-state index in [0.717, 1.165) is 0 Å². The summed E-state index contributed by atoms with van der Waals surface area (Å²) in [5, 5.41) is 25.5. The molecule has 0 amide bonds. The van der Waals surface area contributed by atoms with Gasteiger partial charge in [-0.15, -0.1) is 0 Å². The number of nitro benzene ring substituents is 2. The van der Waals surface area contributed by atoms with E-state index in [1.807, 2.05) is 0 Å². The van der Waals surface area contributed by atoms with Gasteiger partial charge >= 0.3 is 0 Å². The van der Waals surface area contributed by atoms with E-state index in [1.54, 1.807) is 0 Å². The van der Waals surface area contributed by atoms with E-state index >= 15 is 0 Å². The van der Waals surface area contributed by atoms with Crippen LogP contribution in [0.25, 0.3) is 0 Å². The fourth-order valence-corrected chi connectivity index (χ4v) is 4.25. The molecule has 0 saturated carbocycles. The van der Waals surface area contributed by atoms with E-state index in [1.165, 1.54) is 42.5 Å². The van der Waals surface area contributed by atoms with Crippen molar-refractivity contribution >= 4 is 31.4 Å². The van der Waals surface area contributed by atoms with Gasteiger partial charge < -0.3 is 0 Å². The second-order valence-corrected chi connectivity index (χ2v) is 9.44. The van der Waals surface area contributed by atoms with E-state index in [4.69, 9.17) is 5.14 Å². The third-order valence-electron chi connectivity index (χ3n) is 3.74. The number of nitro groups is 2. The number of non-ortho nitro benzene ring substituents is 2. The summed E-state index contributed by atoms with van der Waals surface area (Å²) in [4.78, 5) is 19.7. The van der Waals surface area contributed by atoms with E-state index < -0.39 is 29.9 Å². The SMILES string of the molecule is NS(=O)(=O)Cc1ccc([N+](=O)[O-])cc1.O=[N+]([O-])c1ccc2c(c1)CNS(=O)(=O)C2. The highest BCUT2D eigenvalue weighted by Crippen LogP contribution is 2.22. The lowest BCUT2D eigenvalue weighted by atomic mass is 10.1.